The Bertz CT molecular complexity index is 1170. The van der Waals surface area contributed by atoms with Gasteiger partial charge in [-0.1, -0.05) is 64.1 Å². The summed E-state index contributed by atoms with van der Waals surface area (Å²) in [5.41, 5.74) is 2.93. The molecule has 25 heavy (non-hydrogen) atoms. The molecule has 3 aromatic carbocycles. The third-order valence-corrected chi connectivity index (χ3v) is 5.03. The number of fused-ring (bicyclic) bond motifs is 5. The van der Waals surface area contributed by atoms with E-state index in [2.05, 4.69) is 64.1 Å². The summed E-state index contributed by atoms with van der Waals surface area (Å²) < 4.78 is 5.76. The molecule has 0 saturated carbocycles. The van der Waals surface area contributed by atoms with Gasteiger partial charge in [0.1, 0.15) is 5.58 Å². The third-order valence-electron chi connectivity index (χ3n) is 5.03. The summed E-state index contributed by atoms with van der Waals surface area (Å²) in [5, 5.41) is 4.72. The van der Waals surface area contributed by atoms with E-state index in [0.29, 0.717) is 11.0 Å². The molecule has 1 heterocycles. The predicted octanol–water partition coefficient (Wildman–Crippen LogP) is 5.96. The van der Waals surface area contributed by atoms with Gasteiger partial charge >= 0.3 is 5.63 Å². The summed E-state index contributed by atoms with van der Waals surface area (Å²) in [4.78, 5) is 12.6. The fourth-order valence-corrected chi connectivity index (χ4v) is 3.45. The average Bonchev–Trinajstić information content (AvgIpc) is 2.60. The highest BCUT2D eigenvalue weighted by Gasteiger charge is 2.16. The zero-order chi connectivity index (χ0) is 17.8. The van der Waals surface area contributed by atoms with E-state index in [9.17, 15) is 4.79 Å². The zero-order valence-corrected chi connectivity index (χ0v) is 15.1. The quantitative estimate of drug-likeness (QED) is 0.318. The molecule has 0 saturated heterocycles. The fourth-order valence-electron chi connectivity index (χ4n) is 3.45. The molecule has 4 aromatic rings. The number of hydrogen-bond donors (Lipinski definition) is 0. The molecular weight excluding hydrogens is 308 g/mol. The Hall–Kier alpha value is -2.61. The summed E-state index contributed by atoms with van der Waals surface area (Å²) in [6.45, 7) is 8.70. The molecule has 0 aliphatic carbocycles. The summed E-state index contributed by atoms with van der Waals surface area (Å²) in [7, 11) is 0. The second-order valence-electron chi connectivity index (χ2n) is 7.75. The Morgan fingerprint density at radius 2 is 1.56 bits per heavy atom. The number of hydrogen-bond acceptors (Lipinski definition) is 2. The molecule has 0 unspecified atom stereocenters. The van der Waals surface area contributed by atoms with E-state index in [0.717, 1.165) is 33.5 Å². The van der Waals surface area contributed by atoms with Crippen LogP contribution in [0.2, 0.25) is 0 Å². The van der Waals surface area contributed by atoms with Crippen molar-refractivity contribution in [3.63, 3.8) is 0 Å². The maximum atomic E-state index is 12.6. The molecule has 4 rings (SSSR count). The lowest BCUT2D eigenvalue weighted by molar-refractivity contribution is 0.572. The van der Waals surface area contributed by atoms with Crippen LogP contribution in [0.15, 0.2) is 57.7 Å². The highest BCUT2D eigenvalue weighted by molar-refractivity contribution is 6.13. The van der Waals surface area contributed by atoms with Crippen molar-refractivity contribution in [1.82, 2.24) is 0 Å². The van der Waals surface area contributed by atoms with Crippen LogP contribution in [0.3, 0.4) is 0 Å². The highest BCUT2D eigenvalue weighted by Crippen LogP contribution is 2.32. The monoisotopic (exact) mass is 330 g/mol. The van der Waals surface area contributed by atoms with Crippen LogP contribution < -0.4 is 5.63 Å². The Balaban J connectivity index is 2.10. The van der Waals surface area contributed by atoms with Crippen LogP contribution in [0.25, 0.3) is 32.5 Å². The largest absolute Gasteiger partial charge is 0.422 e. The van der Waals surface area contributed by atoms with Gasteiger partial charge in [0.25, 0.3) is 0 Å². The topological polar surface area (TPSA) is 30.2 Å². The van der Waals surface area contributed by atoms with Gasteiger partial charge in [0.2, 0.25) is 0 Å². The zero-order valence-electron chi connectivity index (χ0n) is 15.1. The van der Waals surface area contributed by atoms with Crippen LogP contribution in [0.4, 0.5) is 0 Å². The van der Waals surface area contributed by atoms with Crippen molar-refractivity contribution in [2.24, 2.45) is 0 Å². The summed E-state index contributed by atoms with van der Waals surface area (Å²) >= 11 is 0. The lowest BCUT2D eigenvalue weighted by atomic mass is 9.85. The molecule has 126 valence electrons. The van der Waals surface area contributed by atoms with Crippen molar-refractivity contribution >= 4 is 32.5 Å². The van der Waals surface area contributed by atoms with Crippen LogP contribution in [0.5, 0.6) is 0 Å². The van der Waals surface area contributed by atoms with E-state index < -0.39 is 0 Å². The van der Waals surface area contributed by atoms with Gasteiger partial charge in [-0.25, -0.2) is 4.79 Å². The second kappa shape index (κ2) is 5.45. The van der Waals surface area contributed by atoms with Gasteiger partial charge in [0.05, 0.1) is 5.39 Å². The minimum atomic E-state index is -0.259. The molecule has 0 bridgehead atoms. The summed E-state index contributed by atoms with van der Waals surface area (Å²) in [5.74, 6) is 0. The average molecular weight is 330 g/mol. The molecule has 2 heteroatoms. The maximum Gasteiger partial charge on any atom is 0.344 e. The minimum Gasteiger partial charge on any atom is -0.422 e. The van der Waals surface area contributed by atoms with Gasteiger partial charge in [-0.15, -0.1) is 0 Å². The number of benzene rings is 3. The van der Waals surface area contributed by atoms with Crippen molar-refractivity contribution in [3.8, 4) is 0 Å². The lowest BCUT2D eigenvalue weighted by Crippen LogP contribution is -2.10. The van der Waals surface area contributed by atoms with Crippen LogP contribution in [-0.2, 0) is 11.8 Å². The van der Waals surface area contributed by atoms with Gasteiger partial charge in [-0.2, -0.15) is 0 Å². The minimum absolute atomic E-state index is 0.0872. The van der Waals surface area contributed by atoms with Gasteiger partial charge in [-0.3, -0.25) is 0 Å². The summed E-state index contributed by atoms with van der Waals surface area (Å²) in [6.07, 6.45) is 0.903. The Labute approximate surface area is 147 Å². The van der Waals surface area contributed by atoms with Crippen LogP contribution in [0.1, 0.15) is 38.8 Å². The molecular formula is C23H22O2. The first-order valence-corrected chi connectivity index (χ1v) is 8.81. The number of rotatable bonds is 1. The molecule has 0 atom stereocenters. The number of aryl methyl sites for hydroxylation is 1. The van der Waals surface area contributed by atoms with Crippen molar-refractivity contribution in [2.75, 3.05) is 0 Å². The van der Waals surface area contributed by atoms with Crippen molar-refractivity contribution in [2.45, 2.75) is 39.5 Å². The standard InChI is InChI=1S/C23H22O2/c1-5-14-6-9-18-19-10-7-15-13-16(23(2,3)4)8-11-17(15)21(19)25-22(24)20(18)12-14/h6-13H,5H2,1-4H3. The van der Waals surface area contributed by atoms with E-state index in [1.165, 1.54) is 5.56 Å². The summed E-state index contributed by atoms with van der Waals surface area (Å²) in [6, 6.07) is 16.7. The highest BCUT2D eigenvalue weighted by atomic mass is 16.4. The van der Waals surface area contributed by atoms with E-state index in [1.54, 1.807) is 0 Å². The first-order chi connectivity index (χ1) is 11.9. The van der Waals surface area contributed by atoms with Crippen LogP contribution >= 0.6 is 0 Å². The van der Waals surface area contributed by atoms with E-state index in [-0.39, 0.29) is 11.0 Å². The van der Waals surface area contributed by atoms with Gasteiger partial charge in [0, 0.05) is 10.8 Å². The van der Waals surface area contributed by atoms with Crippen molar-refractivity contribution < 1.29 is 4.42 Å². The van der Waals surface area contributed by atoms with Crippen molar-refractivity contribution in [3.05, 3.63) is 70.1 Å². The van der Waals surface area contributed by atoms with E-state index >= 15 is 0 Å². The van der Waals surface area contributed by atoms with Gasteiger partial charge in [0.15, 0.2) is 0 Å². The van der Waals surface area contributed by atoms with Gasteiger partial charge in [-0.05, 0) is 45.9 Å². The Kier molecular flexibility index (Phi) is 3.47. The molecule has 1 aromatic heterocycles. The molecule has 0 radical (unpaired) electrons. The molecule has 0 aliphatic heterocycles. The molecule has 0 amide bonds. The predicted molar refractivity (Wildman–Crippen MR) is 106 cm³/mol. The molecule has 0 spiro atoms. The molecule has 0 N–H and O–H groups in total. The SMILES string of the molecule is CCc1ccc2c(c1)c(=O)oc1c3ccc(C(C)(C)C)cc3ccc21. The van der Waals surface area contributed by atoms with Gasteiger partial charge < -0.3 is 4.42 Å². The Morgan fingerprint density at radius 1 is 0.840 bits per heavy atom. The third kappa shape index (κ3) is 2.53. The lowest BCUT2D eigenvalue weighted by Gasteiger charge is -2.19. The first kappa shape index (κ1) is 15.9. The van der Waals surface area contributed by atoms with Crippen molar-refractivity contribution in [1.29, 1.82) is 0 Å². The Morgan fingerprint density at radius 3 is 2.28 bits per heavy atom. The fraction of sp³-hybridized carbons (Fsp3) is 0.261. The normalized spacial score (nSPS) is 12.3. The first-order valence-electron chi connectivity index (χ1n) is 8.81. The second-order valence-corrected chi connectivity index (χ2v) is 7.75. The molecule has 0 fully saturated rings. The molecule has 2 nitrogen and oxygen atoms in total. The smallest absolute Gasteiger partial charge is 0.344 e. The van der Waals surface area contributed by atoms with E-state index in [1.807, 2.05) is 12.1 Å². The van der Waals surface area contributed by atoms with E-state index in [4.69, 9.17) is 4.42 Å². The van der Waals surface area contributed by atoms with Crippen LogP contribution in [0, 0.1) is 0 Å². The maximum absolute atomic E-state index is 12.6. The van der Waals surface area contributed by atoms with Crippen LogP contribution in [-0.4, -0.2) is 0 Å². The molecule has 0 aliphatic rings.